The van der Waals surface area contributed by atoms with Gasteiger partial charge in [-0.2, -0.15) is 18.4 Å². The molecule has 1 N–H and O–H groups in total. The maximum absolute atomic E-state index is 13.1. The van der Waals surface area contributed by atoms with Crippen LogP contribution in [-0.4, -0.2) is 17.2 Å². The summed E-state index contributed by atoms with van der Waals surface area (Å²) in [5.74, 6) is -1.13. The van der Waals surface area contributed by atoms with Gasteiger partial charge in [-0.1, -0.05) is 17.3 Å². The van der Waals surface area contributed by atoms with Crippen molar-refractivity contribution in [3.05, 3.63) is 65.0 Å². The van der Waals surface area contributed by atoms with Crippen LogP contribution in [0.4, 0.5) is 23.2 Å². The highest BCUT2D eigenvalue weighted by atomic mass is 19.4. The second-order valence-electron chi connectivity index (χ2n) is 6.37. The van der Waals surface area contributed by atoms with Gasteiger partial charge in [0.2, 0.25) is 5.60 Å². The number of nitrogens with zero attached hydrogens (tertiary/aromatic N) is 2. The first-order valence-electron chi connectivity index (χ1n) is 8.06. The molecule has 9 heteroatoms. The fourth-order valence-corrected chi connectivity index (χ4v) is 2.68. The number of carbonyl (C=O) groups is 1. The first kappa shape index (κ1) is 19.4. The monoisotopic (exact) mass is 391 g/mol. The van der Waals surface area contributed by atoms with Gasteiger partial charge in [-0.05, 0) is 42.8 Å². The van der Waals surface area contributed by atoms with E-state index in [4.69, 9.17) is 10.1 Å². The van der Waals surface area contributed by atoms with Crippen molar-refractivity contribution < 1.29 is 27.2 Å². The minimum Gasteiger partial charge on any atom is -0.379 e. The van der Waals surface area contributed by atoms with E-state index in [-0.39, 0.29) is 12.1 Å². The Morgan fingerprint density at radius 1 is 1.25 bits per heavy atom. The Hall–Kier alpha value is -3.41. The molecule has 5 nitrogen and oxygen atoms in total. The Morgan fingerprint density at radius 2 is 1.93 bits per heavy atom. The van der Waals surface area contributed by atoms with Crippen molar-refractivity contribution in [2.24, 2.45) is 5.16 Å². The van der Waals surface area contributed by atoms with Crippen LogP contribution < -0.4 is 5.32 Å². The fourth-order valence-electron chi connectivity index (χ4n) is 2.68. The van der Waals surface area contributed by atoms with E-state index in [2.05, 4.69) is 10.5 Å². The number of nitriles is 1. The number of hydrogen-bond acceptors (Lipinski definition) is 4. The molecule has 144 valence electrons. The molecule has 1 aliphatic rings. The van der Waals surface area contributed by atoms with Crippen LogP contribution in [0.5, 0.6) is 0 Å². The van der Waals surface area contributed by atoms with Gasteiger partial charge in [0.15, 0.2) is 0 Å². The molecule has 0 saturated carbocycles. The number of anilines is 1. The van der Waals surface area contributed by atoms with Crippen LogP contribution in [-0.2, 0) is 15.8 Å². The van der Waals surface area contributed by atoms with E-state index in [1.54, 1.807) is 0 Å². The van der Waals surface area contributed by atoms with Gasteiger partial charge in [0.25, 0.3) is 5.91 Å². The van der Waals surface area contributed by atoms with Gasteiger partial charge in [0, 0.05) is 12.1 Å². The molecule has 1 aliphatic heterocycles. The molecule has 0 fully saturated rings. The number of rotatable bonds is 3. The molecule has 0 radical (unpaired) electrons. The first-order chi connectivity index (χ1) is 13.1. The molecule has 1 heterocycles. The summed E-state index contributed by atoms with van der Waals surface area (Å²) in [5, 5.41) is 15.0. The third-order valence-corrected chi connectivity index (χ3v) is 4.22. The Balaban J connectivity index is 1.77. The van der Waals surface area contributed by atoms with E-state index in [1.807, 2.05) is 0 Å². The van der Waals surface area contributed by atoms with Gasteiger partial charge in [-0.15, -0.1) is 0 Å². The normalized spacial score (nSPS) is 18.8. The molecular weight excluding hydrogens is 378 g/mol. The molecule has 0 saturated heterocycles. The largest absolute Gasteiger partial charge is 0.417 e. The molecule has 0 bridgehead atoms. The zero-order chi connectivity index (χ0) is 20.5. The molecule has 1 unspecified atom stereocenters. The summed E-state index contributed by atoms with van der Waals surface area (Å²) in [6.07, 6.45) is -4.69. The topological polar surface area (TPSA) is 74.5 Å². The maximum Gasteiger partial charge on any atom is 0.417 e. The van der Waals surface area contributed by atoms with E-state index < -0.39 is 34.6 Å². The van der Waals surface area contributed by atoms with Crippen molar-refractivity contribution in [1.29, 1.82) is 5.26 Å². The third-order valence-electron chi connectivity index (χ3n) is 4.22. The summed E-state index contributed by atoms with van der Waals surface area (Å²) in [4.78, 5) is 17.8. The Labute approximate surface area is 157 Å². The standard InChI is InChI=1S/C19H13F4N3O2/c1-18(9-16(26-28-18)11-2-5-13(20)6-3-11)17(27)25-14-7-4-12(10-24)15(8-14)19(21,22)23/h2-8H,9H2,1H3,(H,25,27). The summed E-state index contributed by atoms with van der Waals surface area (Å²) >= 11 is 0. The van der Waals surface area contributed by atoms with Crippen molar-refractivity contribution >= 4 is 17.3 Å². The van der Waals surface area contributed by atoms with Crippen LogP contribution in [0.15, 0.2) is 47.6 Å². The van der Waals surface area contributed by atoms with Crippen LogP contribution in [0.3, 0.4) is 0 Å². The van der Waals surface area contributed by atoms with E-state index in [0.717, 1.165) is 6.07 Å². The predicted octanol–water partition coefficient (Wildman–Crippen LogP) is 4.24. The molecule has 3 rings (SSSR count). The molecule has 2 aromatic rings. The van der Waals surface area contributed by atoms with Crippen LogP contribution in [0.2, 0.25) is 0 Å². The molecule has 28 heavy (non-hydrogen) atoms. The Kier molecular flexibility index (Phi) is 4.81. The number of hydrogen-bond donors (Lipinski definition) is 1. The average Bonchev–Trinajstić information content (AvgIpc) is 3.05. The fraction of sp³-hybridized carbons (Fsp3) is 0.211. The quantitative estimate of drug-likeness (QED) is 0.796. The Morgan fingerprint density at radius 3 is 2.54 bits per heavy atom. The maximum atomic E-state index is 13.1. The molecule has 1 amide bonds. The smallest absolute Gasteiger partial charge is 0.379 e. The van der Waals surface area contributed by atoms with Crippen LogP contribution in [0, 0.1) is 17.1 Å². The number of oxime groups is 1. The molecule has 0 spiro atoms. The second-order valence-corrected chi connectivity index (χ2v) is 6.37. The van der Waals surface area contributed by atoms with Crippen LogP contribution >= 0.6 is 0 Å². The van der Waals surface area contributed by atoms with Crippen LogP contribution in [0.1, 0.15) is 30.0 Å². The molecule has 2 aromatic carbocycles. The van der Waals surface area contributed by atoms with Gasteiger partial charge >= 0.3 is 6.18 Å². The van der Waals surface area contributed by atoms with Gasteiger partial charge in [0.1, 0.15) is 5.82 Å². The molecular formula is C19H13F4N3O2. The second kappa shape index (κ2) is 6.96. The van der Waals surface area contributed by atoms with E-state index in [1.165, 1.54) is 43.3 Å². The summed E-state index contributed by atoms with van der Waals surface area (Å²) in [5.41, 5.74) is -2.29. The minimum absolute atomic E-state index is 0.0485. The highest BCUT2D eigenvalue weighted by Gasteiger charge is 2.42. The van der Waals surface area contributed by atoms with Crippen molar-refractivity contribution in [2.45, 2.75) is 25.1 Å². The van der Waals surface area contributed by atoms with E-state index in [9.17, 15) is 22.4 Å². The van der Waals surface area contributed by atoms with Gasteiger partial charge in [0.05, 0.1) is 22.9 Å². The summed E-state index contributed by atoms with van der Waals surface area (Å²) in [7, 11) is 0. The lowest BCUT2D eigenvalue weighted by molar-refractivity contribution is -0.138. The van der Waals surface area contributed by atoms with Crippen molar-refractivity contribution in [2.75, 3.05) is 5.32 Å². The van der Waals surface area contributed by atoms with Crippen LogP contribution in [0.25, 0.3) is 0 Å². The summed E-state index contributed by atoms with van der Waals surface area (Å²) in [6, 6.07) is 9.79. The lowest BCUT2D eigenvalue weighted by Gasteiger charge is -2.21. The third kappa shape index (κ3) is 3.81. The molecule has 0 aromatic heterocycles. The molecule has 1 atom stereocenters. The zero-order valence-corrected chi connectivity index (χ0v) is 14.5. The van der Waals surface area contributed by atoms with Gasteiger partial charge < -0.3 is 10.2 Å². The molecule has 0 aliphatic carbocycles. The van der Waals surface area contributed by atoms with Crippen molar-refractivity contribution in [3.63, 3.8) is 0 Å². The SMILES string of the molecule is CC1(C(=O)Nc2ccc(C#N)c(C(F)(F)F)c2)CC(c2ccc(F)cc2)=NO1. The first-order valence-corrected chi connectivity index (χ1v) is 8.06. The number of alkyl halides is 3. The van der Waals surface area contributed by atoms with Crippen molar-refractivity contribution in [1.82, 2.24) is 0 Å². The summed E-state index contributed by atoms with van der Waals surface area (Å²) in [6.45, 7) is 1.44. The predicted molar refractivity (Wildman–Crippen MR) is 91.8 cm³/mol. The zero-order valence-electron chi connectivity index (χ0n) is 14.5. The van der Waals surface area contributed by atoms with Gasteiger partial charge in [-0.3, -0.25) is 4.79 Å². The number of amides is 1. The van der Waals surface area contributed by atoms with E-state index >= 15 is 0 Å². The van der Waals surface area contributed by atoms with Crippen molar-refractivity contribution in [3.8, 4) is 6.07 Å². The summed E-state index contributed by atoms with van der Waals surface area (Å²) < 4.78 is 52.2. The lowest BCUT2D eigenvalue weighted by Crippen LogP contribution is -2.40. The minimum atomic E-state index is -4.74. The average molecular weight is 391 g/mol. The number of benzene rings is 2. The number of halogens is 4. The van der Waals surface area contributed by atoms with Gasteiger partial charge in [-0.25, -0.2) is 4.39 Å². The van der Waals surface area contributed by atoms with E-state index in [0.29, 0.717) is 17.3 Å². The lowest BCUT2D eigenvalue weighted by atomic mass is 9.95. The highest BCUT2D eigenvalue weighted by molar-refractivity contribution is 6.07. The Bertz CT molecular complexity index is 994. The highest BCUT2D eigenvalue weighted by Crippen LogP contribution is 2.34. The number of nitrogens with one attached hydrogen (secondary N) is 1. The number of carbonyl (C=O) groups excluding carboxylic acids is 1.